The second-order valence-electron chi connectivity index (χ2n) is 6.91. The number of aliphatic imine (C=N–C) groups is 1. The summed E-state index contributed by atoms with van der Waals surface area (Å²) in [6.07, 6.45) is 10.1. The molecule has 4 nitrogen and oxygen atoms in total. The van der Waals surface area contributed by atoms with E-state index in [0.717, 1.165) is 23.7 Å². The summed E-state index contributed by atoms with van der Waals surface area (Å²) in [5.74, 6) is 1.86. The van der Waals surface area contributed by atoms with Crippen LogP contribution < -0.4 is 10.6 Å². The van der Waals surface area contributed by atoms with Gasteiger partial charge in [-0.15, -0.1) is 0 Å². The number of guanidine groups is 1. The number of thioether (sulfide) groups is 1. The Morgan fingerprint density at radius 3 is 2.86 bits per heavy atom. The van der Waals surface area contributed by atoms with Crippen LogP contribution in [0.15, 0.2) is 4.99 Å². The van der Waals surface area contributed by atoms with Crippen molar-refractivity contribution >= 4 is 17.7 Å². The van der Waals surface area contributed by atoms with Crippen molar-refractivity contribution in [2.75, 3.05) is 39.5 Å². The van der Waals surface area contributed by atoms with Crippen molar-refractivity contribution in [2.24, 2.45) is 10.9 Å². The lowest BCUT2D eigenvalue weighted by Gasteiger charge is -2.30. The van der Waals surface area contributed by atoms with E-state index in [1.165, 1.54) is 58.2 Å². The van der Waals surface area contributed by atoms with Gasteiger partial charge >= 0.3 is 0 Å². The van der Waals surface area contributed by atoms with Gasteiger partial charge in [-0.1, -0.05) is 6.92 Å². The largest absolute Gasteiger partial charge is 0.356 e. The monoisotopic (exact) mass is 326 g/mol. The zero-order valence-electron chi connectivity index (χ0n) is 14.6. The van der Waals surface area contributed by atoms with Crippen LogP contribution in [0, 0.1) is 5.92 Å². The van der Waals surface area contributed by atoms with Crippen molar-refractivity contribution in [1.29, 1.82) is 0 Å². The van der Waals surface area contributed by atoms with Crippen LogP contribution >= 0.6 is 11.8 Å². The first kappa shape index (κ1) is 17.9. The SMILES string of the molecule is CN=C(NCCCN1CCCC(C)C1)NC1CCC(SC)C1. The zero-order chi connectivity index (χ0) is 15.8. The molecule has 2 N–H and O–H groups in total. The molecule has 0 aromatic carbocycles. The third-order valence-electron chi connectivity index (χ3n) is 4.97. The smallest absolute Gasteiger partial charge is 0.191 e. The van der Waals surface area contributed by atoms with Crippen molar-refractivity contribution in [2.45, 2.75) is 56.7 Å². The standard InChI is InChI=1S/C17H34N4S/c1-14-6-4-10-21(13-14)11-5-9-19-17(18-2)20-15-7-8-16(12-15)22-3/h14-16H,4-13H2,1-3H3,(H2,18,19,20). The average molecular weight is 327 g/mol. The molecule has 0 aromatic heterocycles. The van der Waals surface area contributed by atoms with E-state index in [9.17, 15) is 0 Å². The average Bonchev–Trinajstić information content (AvgIpc) is 2.98. The maximum Gasteiger partial charge on any atom is 0.191 e. The lowest BCUT2D eigenvalue weighted by atomic mass is 10.0. The number of hydrogen-bond acceptors (Lipinski definition) is 3. The predicted octanol–water partition coefficient (Wildman–Crippen LogP) is 2.56. The summed E-state index contributed by atoms with van der Waals surface area (Å²) in [6, 6.07) is 0.603. The van der Waals surface area contributed by atoms with Gasteiger partial charge in [0.2, 0.25) is 0 Å². The number of rotatable bonds is 6. The molecular weight excluding hydrogens is 292 g/mol. The Labute approximate surface area is 140 Å². The van der Waals surface area contributed by atoms with Gasteiger partial charge in [0.05, 0.1) is 0 Å². The minimum absolute atomic E-state index is 0.603. The summed E-state index contributed by atoms with van der Waals surface area (Å²) in [6.45, 7) is 7.18. The first-order valence-corrected chi connectivity index (χ1v) is 10.2. The Kier molecular flexibility index (Phi) is 7.87. The van der Waals surface area contributed by atoms with Crippen LogP contribution in [0.1, 0.15) is 45.4 Å². The molecule has 128 valence electrons. The molecule has 0 bridgehead atoms. The highest BCUT2D eigenvalue weighted by atomic mass is 32.2. The van der Waals surface area contributed by atoms with Gasteiger partial charge in [-0.25, -0.2) is 0 Å². The Morgan fingerprint density at radius 2 is 2.18 bits per heavy atom. The predicted molar refractivity (Wildman–Crippen MR) is 98.9 cm³/mol. The highest BCUT2D eigenvalue weighted by Gasteiger charge is 2.24. The van der Waals surface area contributed by atoms with E-state index in [1.807, 2.05) is 18.8 Å². The highest BCUT2D eigenvalue weighted by Crippen LogP contribution is 2.27. The van der Waals surface area contributed by atoms with Crippen LogP contribution in [0.5, 0.6) is 0 Å². The molecule has 1 aliphatic carbocycles. The van der Waals surface area contributed by atoms with Crippen LogP contribution in [-0.4, -0.2) is 61.6 Å². The third kappa shape index (κ3) is 5.99. The van der Waals surface area contributed by atoms with Crippen LogP contribution in [0.2, 0.25) is 0 Å². The minimum atomic E-state index is 0.603. The van der Waals surface area contributed by atoms with E-state index >= 15 is 0 Å². The van der Waals surface area contributed by atoms with Crippen molar-refractivity contribution in [3.8, 4) is 0 Å². The number of hydrogen-bond donors (Lipinski definition) is 2. The molecule has 0 spiro atoms. The van der Waals surface area contributed by atoms with Crippen LogP contribution in [-0.2, 0) is 0 Å². The fourth-order valence-corrected chi connectivity index (χ4v) is 4.47. The molecule has 1 saturated heterocycles. The fourth-order valence-electron chi connectivity index (χ4n) is 3.67. The maximum atomic E-state index is 4.37. The van der Waals surface area contributed by atoms with E-state index in [0.29, 0.717) is 6.04 Å². The van der Waals surface area contributed by atoms with Gasteiger partial charge in [0, 0.05) is 31.4 Å². The lowest BCUT2D eigenvalue weighted by Crippen LogP contribution is -2.43. The second-order valence-corrected chi connectivity index (χ2v) is 8.05. The normalized spacial score (nSPS) is 30.5. The van der Waals surface area contributed by atoms with Gasteiger partial charge < -0.3 is 15.5 Å². The maximum absolute atomic E-state index is 4.37. The Hall–Kier alpha value is -0.420. The van der Waals surface area contributed by atoms with Gasteiger partial charge in [-0.3, -0.25) is 4.99 Å². The van der Waals surface area contributed by atoms with Crippen molar-refractivity contribution in [1.82, 2.24) is 15.5 Å². The minimum Gasteiger partial charge on any atom is -0.356 e. The van der Waals surface area contributed by atoms with E-state index in [1.54, 1.807) is 0 Å². The topological polar surface area (TPSA) is 39.7 Å². The van der Waals surface area contributed by atoms with E-state index in [-0.39, 0.29) is 0 Å². The molecule has 3 unspecified atom stereocenters. The summed E-state index contributed by atoms with van der Waals surface area (Å²) < 4.78 is 0. The molecular formula is C17H34N4S. The van der Waals surface area contributed by atoms with E-state index in [4.69, 9.17) is 0 Å². The molecule has 2 fully saturated rings. The summed E-state index contributed by atoms with van der Waals surface area (Å²) in [7, 11) is 1.88. The van der Waals surface area contributed by atoms with Crippen molar-refractivity contribution in [3.05, 3.63) is 0 Å². The Bertz CT molecular complexity index is 348. The molecule has 1 heterocycles. The highest BCUT2D eigenvalue weighted by molar-refractivity contribution is 7.99. The van der Waals surface area contributed by atoms with Gasteiger partial charge in [0.15, 0.2) is 5.96 Å². The molecule has 0 radical (unpaired) electrons. The molecule has 0 amide bonds. The van der Waals surface area contributed by atoms with Crippen LogP contribution in [0.3, 0.4) is 0 Å². The molecule has 2 rings (SSSR count). The summed E-state index contributed by atoms with van der Waals surface area (Å²) in [4.78, 5) is 6.99. The summed E-state index contributed by atoms with van der Waals surface area (Å²) in [5.41, 5.74) is 0. The molecule has 22 heavy (non-hydrogen) atoms. The second kappa shape index (κ2) is 9.66. The lowest BCUT2D eigenvalue weighted by molar-refractivity contribution is 0.182. The molecule has 2 aliphatic rings. The zero-order valence-corrected chi connectivity index (χ0v) is 15.4. The van der Waals surface area contributed by atoms with E-state index < -0.39 is 0 Å². The molecule has 5 heteroatoms. The number of likely N-dealkylation sites (tertiary alicyclic amines) is 1. The van der Waals surface area contributed by atoms with Crippen LogP contribution in [0.25, 0.3) is 0 Å². The van der Waals surface area contributed by atoms with E-state index in [2.05, 4.69) is 33.7 Å². The molecule has 1 saturated carbocycles. The number of piperidine rings is 1. The van der Waals surface area contributed by atoms with Gasteiger partial charge in [-0.2, -0.15) is 11.8 Å². The first-order chi connectivity index (χ1) is 10.7. The molecule has 1 aliphatic heterocycles. The summed E-state index contributed by atoms with van der Waals surface area (Å²) in [5, 5.41) is 7.90. The first-order valence-electron chi connectivity index (χ1n) is 8.93. The van der Waals surface area contributed by atoms with Crippen molar-refractivity contribution in [3.63, 3.8) is 0 Å². The van der Waals surface area contributed by atoms with Gasteiger partial charge in [0.25, 0.3) is 0 Å². The number of nitrogens with one attached hydrogen (secondary N) is 2. The van der Waals surface area contributed by atoms with Gasteiger partial charge in [-0.05, 0) is 63.8 Å². The van der Waals surface area contributed by atoms with Crippen LogP contribution in [0.4, 0.5) is 0 Å². The Balaban J connectivity index is 1.58. The molecule has 0 aromatic rings. The third-order valence-corrected chi connectivity index (χ3v) is 6.06. The Morgan fingerprint density at radius 1 is 1.32 bits per heavy atom. The number of nitrogens with zero attached hydrogens (tertiary/aromatic N) is 2. The van der Waals surface area contributed by atoms with Crippen molar-refractivity contribution < 1.29 is 0 Å². The summed E-state index contributed by atoms with van der Waals surface area (Å²) >= 11 is 2.00. The molecule has 3 atom stereocenters. The van der Waals surface area contributed by atoms with Gasteiger partial charge in [0.1, 0.15) is 0 Å². The fraction of sp³-hybridized carbons (Fsp3) is 0.941. The quantitative estimate of drug-likeness (QED) is 0.447.